The van der Waals surface area contributed by atoms with Crippen LogP contribution >= 0.6 is 0 Å². The first-order valence-corrected chi connectivity index (χ1v) is 3.35. The van der Waals surface area contributed by atoms with Crippen LogP contribution in [0.4, 0.5) is 0 Å². The summed E-state index contributed by atoms with van der Waals surface area (Å²) < 4.78 is 5.34. The van der Waals surface area contributed by atoms with Gasteiger partial charge in [0.1, 0.15) is 12.4 Å². The SMILES string of the molecule is C.C1=Cc2ccccc2OC1.[Cu].[Mo].[SiH4]. The molecule has 1 nitrogen and oxygen atoms in total. The fourth-order valence-corrected chi connectivity index (χ4v) is 1.06. The zero-order chi connectivity index (χ0) is 6.81. The standard InChI is InChI=1S/C9H8O.CH4.Cu.Mo.H4Si/c1-2-6-9-8(4-1)5-3-7-10-9;;;;/h1-6H,7H2;1H4;;;1H4. The van der Waals surface area contributed by atoms with Crippen LogP contribution in [0.1, 0.15) is 13.0 Å². The predicted octanol–water partition coefficient (Wildman–Crippen LogP) is 1.27. The van der Waals surface area contributed by atoms with Crippen LogP contribution in [0.3, 0.4) is 0 Å². The van der Waals surface area contributed by atoms with Crippen molar-refractivity contribution in [2.24, 2.45) is 0 Å². The molecule has 0 amide bonds. The van der Waals surface area contributed by atoms with Crippen molar-refractivity contribution in [2.45, 2.75) is 7.43 Å². The topological polar surface area (TPSA) is 9.23 Å². The summed E-state index contributed by atoms with van der Waals surface area (Å²) in [6.45, 7) is 0.705. The van der Waals surface area contributed by atoms with Crippen molar-refractivity contribution in [3.63, 3.8) is 0 Å². The molecule has 0 fully saturated rings. The molecule has 1 heterocycles. The summed E-state index contributed by atoms with van der Waals surface area (Å²) in [6.07, 6.45) is 4.10. The van der Waals surface area contributed by atoms with Crippen LogP contribution in [0.5, 0.6) is 5.75 Å². The Labute approximate surface area is 115 Å². The summed E-state index contributed by atoms with van der Waals surface area (Å²) >= 11 is 0. The third kappa shape index (κ3) is 4.61. The smallest absolute Gasteiger partial charge is 0.126 e. The minimum absolute atomic E-state index is 0. The Morgan fingerprint density at radius 2 is 1.79 bits per heavy atom. The minimum atomic E-state index is 0. The van der Waals surface area contributed by atoms with Crippen molar-refractivity contribution >= 4 is 17.0 Å². The minimum Gasteiger partial charge on any atom is -0.489 e. The number of hydrogen-bond donors (Lipinski definition) is 0. The second-order valence-corrected chi connectivity index (χ2v) is 2.25. The van der Waals surface area contributed by atoms with Gasteiger partial charge in [0.15, 0.2) is 0 Å². The first kappa shape index (κ1) is 19.7. The molecule has 0 spiro atoms. The zero-order valence-corrected chi connectivity index (χ0v) is 9.24. The Morgan fingerprint density at radius 3 is 2.43 bits per heavy atom. The molecule has 1 aliphatic rings. The molecule has 1 aromatic carbocycles. The van der Waals surface area contributed by atoms with Crippen molar-refractivity contribution < 1.29 is 42.9 Å². The summed E-state index contributed by atoms with van der Waals surface area (Å²) in [5, 5.41) is 0. The molecule has 4 heteroatoms. The first-order valence-electron chi connectivity index (χ1n) is 3.35. The van der Waals surface area contributed by atoms with Gasteiger partial charge in [0.05, 0.1) is 0 Å². The Balaban J connectivity index is -0.000000302. The number of para-hydroxylation sites is 1. The molecular weight excluding hydrogens is 324 g/mol. The molecule has 1 aliphatic heterocycles. The van der Waals surface area contributed by atoms with Crippen LogP contribution in [0, 0.1) is 0 Å². The average Bonchev–Trinajstić information content (AvgIpc) is 2.05. The Kier molecular flexibility index (Phi) is 13.7. The van der Waals surface area contributed by atoms with Crippen molar-refractivity contribution in [1.82, 2.24) is 0 Å². The van der Waals surface area contributed by atoms with Crippen LogP contribution in [0.15, 0.2) is 30.3 Å². The van der Waals surface area contributed by atoms with Gasteiger partial charge in [0.25, 0.3) is 0 Å². The van der Waals surface area contributed by atoms with Gasteiger partial charge >= 0.3 is 0 Å². The second kappa shape index (κ2) is 9.73. The molecule has 0 aromatic heterocycles. The van der Waals surface area contributed by atoms with E-state index in [1.165, 1.54) is 5.56 Å². The van der Waals surface area contributed by atoms with Crippen LogP contribution < -0.4 is 4.74 Å². The van der Waals surface area contributed by atoms with E-state index in [-0.39, 0.29) is 56.5 Å². The van der Waals surface area contributed by atoms with E-state index < -0.39 is 0 Å². The van der Waals surface area contributed by atoms with Crippen LogP contribution in [0.25, 0.3) is 6.08 Å². The number of fused-ring (bicyclic) bond motifs is 1. The maximum absolute atomic E-state index is 5.34. The van der Waals surface area contributed by atoms with Gasteiger partial charge in [0.2, 0.25) is 0 Å². The third-order valence-corrected chi connectivity index (χ3v) is 1.55. The van der Waals surface area contributed by atoms with E-state index >= 15 is 0 Å². The molecule has 0 saturated carbocycles. The largest absolute Gasteiger partial charge is 0.489 e. The molecule has 14 heavy (non-hydrogen) atoms. The van der Waals surface area contributed by atoms with Gasteiger partial charge in [-0.25, -0.2) is 0 Å². The maximum Gasteiger partial charge on any atom is 0.126 e. The molecule has 1 radical (unpaired) electrons. The monoisotopic (exact) mass is 341 g/mol. The van der Waals surface area contributed by atoms with Gasteiger partial charge in [-0.05, 0) is 23.1 Å². The molecule has 83 valence electrons. The van der Waals surface area contributed by atoms with E-state index in [2.05, 4.69) is 6.08 Å². The predicted molar refractivity (Wildman–Crippen MR) is 59.0 cm³/mol. The van der Waals surface area contributed by atoms with Crippen molar-refractivity contribution in [1.29, 1.82) is 0 Å². The summed E-state index contributed by atoms with van der Waals surface area (Å²) in [6, 6.07) is 8.03. The van der Waals surface area contributed by atoms with Gasteiger partial charge in [-0.3, -0.25) is 0 Å². The van der Waals surface area contributed by atoms with E-state index in [0.29, 0.717) is 6.61 Å². The number of hydrogen-bond acceptors (Lipinski definition) is 1. The van der Waals surface area contributed by atoms with Gasteiger partial charge in [0, 0.05) is 43.7 Å². The molecule has 0 saturated heterocycles. The summed E-state index contributed by atoms with van der Waals surface area (Å²) in [5.74, 6) is 0.991. The molecular formula is C10H16CuMoOSi. The Bertz CT molecular complexity index is 279. The number of benzene rings is 1. The summed E-state index contributed by atoms with van der Waals surface area (Å²) in [4.78, 5) is 0. The fraction of sp³-hybridized carbons (Fsp3) is 0.200. The Morgan fingerprint density at radius 1 is 1.14 bits per heavy atom. The zero-order valence-electron chi connectivity index (χ0n) is 6.29. The van der Waals surface area contributed by atoms with Crippen LogP contribution in [0.2, 0.25) is 0 Å². The third-order valence-electron chi connectivity index (χ3n) is 1.55. The fourth-order valence-electron chi connectivity index (χ4n) is 1.06. The normalized spacial score (nSPS) is 10.0. The van der Waals surface area contributed by atoms with Gasteiger partial charge < -0.3 is 4.74 Å². The molecule has 0 unspecified atom stereocenters. The summed E-state index contributed by atoms with van der Waals surface area (Å²) in [7, 11) is 0. The van der Waals surface area contributed by atoms with Crippen LogP contribution in [-0.2, 0) is 38.1 Å². The average molecular weight is 340 g/mol. The maximum atomic E-state index is 5.34. The van der Waals surface area contributed by atoms with Crippen molar-refractivity contribution in [2.75, 3.05) is 6.61 Å². The quantitative estimate of drug-likeness (QED) is 0.647. The molecule has 1 aromatic rings. The van der Waals surface area contributed by atoms with Gasteiger partial charge in [-0.15, -0.1) is 0 Å². The van der Waals surface area contributed by atoms with Crippen molar-refractivity contribution in [3.8, 4) is 5.75 Å². The summed E-state index contributed by atoms with van der Waals surface area (Å²) in [5.41, 5.74) is 1.17. The van der Waals surface area contributed by atoms with E-state index in [1.807, 2.05) is 30.3 Å². The number of ether oxygens (including phenoxy) is 1. The number of rotatable bonds is 0. The van der Waals surface area contributed by atoms with E-state index in [1.54, 1.807) is 0 Å². The molecule has 0 N–H and O–H groups in total. The van der Waals surface area contributed by atoms with Gasteiger partial charge in [-0.1, -0.05) is 31.7 Å². The molecule has 0 atom stereocenters. The van der Waals surface area contributed by atoms with E-state index in [9.17, 15) is 0 Å². The van der Waals surface area contributed by atoms with Gasteiger partial charge in [-0.2, -0.15) is 0 Å². The Hall–Kier alpha value is 0.185. The van der Waals surface area contributed by atoms with Crippen molar-refractivity contribution in [3.05, 3.63) is 35.9 Å². The first-order chi connectivity index (χ1) is 4.97. The second-order valence-electron chi connectivity index (χ2n) is 2.25. The molecule has 0 bridgehead atoms. The van der Waals surface area contributed by atoms with E-state index in [4.69, 9.17) is 4.74 Å². The van der Waals surface area contributed by atoms with Crippen LogP contribution in [-0.4, -0.2) is 17.6 Å². The van der Waals surface area contributed by atoms with E-state index in [0.717, 1.165) is 5.75 Å². The molecule has 2 rings (SSSR count). The molecule has 0 aliphatic carbocycles.